The molecule has 6 nitrogen and oxygen atoms in total. The zero-order valence-electron chi connectivity index (χ0n) is 13.5. The lowest BCUT2D eigenvalue weighted by Gasteiger charge is -2.30. The van der Waals surface area contributed by atoms with E-state index < -0.39 is 5.97 Å². The number of primary amides is 1. The minimum atomic E-state index is -0.494. The molecule has 1 saturated heterocycles. The molecule has 1 aliphatic heterocycles. The molecule has 6 heteroatoms. The fraction of sp³-hybridized carbons (Fsp3) is 0.471. The molecule has 0 unspecified atom stereocenters. The van der Waals surface area contributed by atoms with Gasteiger partial charge < -0.3 is 15.4 Å². The van der Waals surface area contributed by atoms with Crippen molar-refractivity contribution in [2.45, 2.75) is 26.7 Å². The number of rotatable bonds is 4. The minimum absolute atomic E-state index is 0.170. The van der Waals surface area contributed by atoms with Crippen molar-refractivity contribution in [3.63, 3.8) is 0 Å². The van der Waals surface area contributed by atoms with Gasteiger partial charge in [0.25, 0.3) is 5.91 Å². The molecule has 1 heterocycles. The molecule has 1 aromatic rings. The van der Waals surface area contributed by atoms with E-state index in [9.17, 15) is 14.4 Å². The third kappa shape index (κ3) is 4.31. The van der Waals surface area contributed by atoms with E-state index in [-0.39, 0.29) is 24.3 Å². The predicted molar refractivity (Wildman–Crippen MR) is 84.7 cm³/mol. The van der Waals surface area contributed by atoms with Crippen LogP contribution < -0.4 is 5.73 Å². The lowest BCUT2D eigenvalue weighted by atomic mass is 9.96. The summed E-state index contributed by atoms with van der Waals surface area (Å²) in [6.45, 7) is 4.37. The molecule has 0 aliphatic carbocycles. The van der Waals surface area contributed by atoms with E-state index in [1.54, 1.807) is 11.0 Å². The number of amides is 2. The molecule has 0 bridgehead atoms. The first-order chi connectivity index (χ1) is 10.9. The molecule has 0 spiro atoms. The van der Waals surface area contributed by atoms with Gasteiger partial charge in [0.15, 0.2) is 6.61 Å². The van der Waals surface area contributed by atoms with Crippen molar-refractivity contribution in [2.24, 2.45) is 11.7 Å². The van der Waals surface area contributed by atoms with E-state index in [1.165, 1.54) is 0 Å². The van der Waals surface area contributed by atoms with Gasteiger partial charge in [-0.05, 0) is 38.3 Å². The summed E-state index contributed by atoms with van der Waals surface area (Å²) in [6.07, 6.45) is 1.12. The molecule has 1 fully saturated rings. The molecular formula is C17H22N2O4. The monoisotopic (exact) mass is 318 g/mol. The Morgan fingerprint density at radius 2 is 1.87 bits per heavy atom. The maximum atomic E-state index is 12.1. The first-order valence-corrected chi connectivity index (χ1v) is 7.70. The predicted octanol–water partition coefficient (Wildman–Crippen LogP) is 1.18. The maximum Gasteiger partial charge on any atom is 0.338 e. The summed E-state index contributed by atoms with van der Waals surface area (Å²) in [7, 11) is 0. The van der Waals surface area contributed by atoms with Crippen molar-refractivity contribution >= 4 is 17.8 Å². The van der Waals surface area contributed by atoms with Crippen molar-refractivity contribution in [3.05, 3.63) is 34.9 Å². The van der Waals surface area contributed by atoms with Gasteiger partial charge in [-0.15, -0.1) is 0 Å². The normalized spacial score (nSPS) is 15.3. The third-order valence-corrected chi connectivity index (χ3v) is 4.19. The highest BCUT2D eigenvalue weighted by Crippen LogP contribution is 2.17. The van der Waals surface area contributed by atoms with Crippen LogP contribution in [0.25, 0.3) is 0 Å². The van der Waals surface area contributed by atoms with Crippen molar-refractivity contribution in [2.75, 3.05) is 19.7 Å². The minimum Gasteiger partial charge on any atom is -0.452 e. The number of piperidine rings is 1. The van der Waals surface area contributed by atoms with Crippen LogP contribution >= 0.6 is 0 Å². The van der Waals surface area contributed by atoms with Crippen LogP contribution in [0.1, 0.15) is 34.3 Å². The summed E-state index contributed by atoms with van der Waals surface area (Å²) in [6, 6.07) is 5.52. The number of carbonyl (C=O) groups excluding carboxylic acids is 3. The Labute approximate surface area is 135 Å². The molecule has 0 radical (unpaired) electrons. The van der Waals surface area contributed by atoms with Crippen LogP contribution in [0, 0.1) is 19.8 Å². The number of nitrogens with two attached hydrogens (primary N) is 1. The van der Waals surface area contributed by atoms with Crippen LogP contribution in [0.3, 0.4) is 0 Å². The average Bonchev–Trinajstić information content (AvgIpc) is 2.54. The van der Waals surface area contributed by atoms with E-state index in [0.717, 1.165) is 11.1 Å². The summed E-state index contributed by atoms with van der Waals surface area (Å²) >= 11 is 0. The second kappa shape index (κ2) is 7.26. The Bertz CT molecular complexity index is 619. The van der Waals surface area contributed by atoms with Gasteiger partial charge >= 0.3 is 5.97 Å². The van der Waals surface area contributed by atoms with Gasteiger partial charge in [0.2, 0.25) is 5.91 Å². The van der Waals surface area contributed by atoms with Crippen molar-refractivity contribution in [1.82, 2.24) is 4.90 Å². The SMILES string of the molecule is Cc1ccc(C)c(C(=O)OCC(=O)N2CCC(C(N)=O)CC2)c1. The average molecular weight is 318 g/mol. The highest BCUT2D eigenvalue weighted by atomic mass is 16.5. The van der Waals surface area contributed by atoms with Crippen LogP contribution in [0.5, 0.6) is 0 Å². The van der Waals surface area contributed by atoms with Crippen LogP contribution in [-0.2, 0) is 14.3 Å². The fourth-order valence-corrected chi connectivity index (χ4v) is 2.67. The molecule has 2 amide bonds. The highest BCUT2D eigenvalue weighted by Gasteiger charge is 2.26. The van der Waals surface area contributed by atoms with E-state index in [4.69, 9.17) is 10.5 Å². The van der Waals surface area contributed by atoms with Gasteiger partial charge in [0.05, 0.1) is 5.56 Å². The largest absolute Gasteiger partial charge is 0.452 e. The summed E-state index contributed by atoms with van der Waals surface area (Å²) in [5.74, 6) is -1.23. The van der Waals surface area contributed by atoms with E-state index >= 15 is 0 Å². The Morgan fingerprint density at radius 3 is 2.48 bits per heavy atom. The zero-order chi connectivity index (χ0) is 17.0. The van der Waals surface area contributed by atoms with Crippen molar-refractivity contribution < 1.29 is 19.1 Å². The van der Waals surface area contributed by atoms with Crippen LogP contribution in [0.2, 0.25) is 0 Å². The quantitative estimate of drug-likeness (QED) is 0.844. The molecule has 0 atom stereocenters. The highest BCUT2D eigenvalue weighted by molar-refractivity contribution is 5.93. The molecule has 1 aliphatic rings. The van der Waals surface area contributed by atoms with Crippen molar-refractivity contribution in [1.29, 1.82) is 0 Å². The Balaban J connectivity index is 1.86. The number of likely N-dealkylation sites (tertiary alicyclic amines) is 1. The van der Waals surface area contributed by atoms with Gasteiger partial charge in [-0.3, -0.25) is 9.59 Å². The molecule has 124 valence electrons. The molecule has 0 aromatic heterocycles. The van der Waals surface area contributed by atoms with Gasteiger partial charge in [-0.25, -0.2) is 4.79 Å². The standard InChI is InChI=1S/C17H22N2O4/c1-11-3-4-12(2)14(9-11)17(22)23-10-15(20)19-7-5-13(6-8-19)16(18)21/h3-4,9,13H,5-8,10H2,1-2H3,(H2,18,21). The molecule has 0 saturated carbocycles. The van der Waals surface area contributed by atoms with Gasteiger partial charge in [-0.2, -0.15) is 0 Å². The van der Waals surface area contributed by atoms with E-state index in [2.05, 4.69) is 0 Å². The number of esters is 1. The Hall–Kier alpha value is -2.37. The fourth-order valence-electron chi connectivity index (χ4n) is 2.67. The summed E-state index contributed by atoms with van der Waals surface area (Å²) < 4.78 is 5.13. The molecular weight excluding hydrogens is 296 g/mol. The second-order valence-corrected chi connectivity index (χ2v) is 5.95. The summed E-state index contributed by atoms with van der Waals surface area (Å²) in [5, 5.41) is 0. The van der Waals surface area contributed by atoms with Crippen molar-refractivity contribution in [3.8, 4) is 0 Å². The number of ether oxygens (including phenoxy) is 1. The van der Waals surface area contributed by atoms with E-state index in [1.807, 2.05) is 26.0 Å². The number of nitrogens with zero attached hydrogens (tertiary/aromatic N) is 1. The maximum absolute atomic E-state index is 12.1. The molecule has 1 aromatic carbocycles. The van der Waals surface area contributed by atoms with Gasteiger partial charge in [0, 0.05) is 19.0 Å². The summed E-state index contributed by atoms with van der Waals surface area (Å²) in [5.41, 5.74) is 7.52. The number of hydrogen-bond donors (Lipinski definition) is 1. The number of hydrogen-bond acceptors (Lipinski definition) is 4. The third-order valence-electron chi connectivity index (χ3n) is 4.19. The van der Waals surface area contributed by atoms with Crippen LogP contribution in [0.15, 0.2) is 18.2 Å². The van der Waals surface area contributed by atoms with Gasteiger partial charge in [-0.1, -0.05) is 17.7 Å². The number of benzene rings is 1. The number of aryl methyl sites for hydroxylation is 2. The van der Waals surface area contributed by atoms with E-state index in [0.29, 0.717) is 31.5 Å². The molecule has 2 N–H and O–H groups in total. The first kappa shape index (κ1) is 17.0. The molecule has 23 heavy (non-hydrogen) atoms. The summed E-state index contributed by atoms with van der Waals surface area (Å²) in [4.78, 5) is 36.9. The number of carbonyl (C=O) groups is 3. The zero-order valence-corrected chi connectivity index (χ0v) is 13.5. The van der Waals surface area contributed by atoms with Crippen LogP contribution in [-0.4, -0.2) is 42.4 Å². The lowest BCUT2D eigenvalue weighted by Crippen LogP contribution is -2.43. The Kier molecular flexibility index (Phi) is 5.36. The Morgan fingerprint density at radius 1 is 1.22 bits per heavy atom. The van der Waals surface area contributed by atoms with Crippen LogP contribution in [0.4, 0.5) is 0 Å². The molecule has 2 rings (SSSR count). The second-order valence-electron chi connectivity index (χ2n) is 5.95. The van der Waals surface area contributed by atoms with Gasteiger partial charge in [0.1, 0.15) is 0 Å². The topological polar surface area (TPSA) is 89.7 Å². The smallest absolute Gasteiger partial charge is 0.338 e. The lowest BCUT2D eigenvalue weighted by molar-refractivity contribution is -0.137. The first-order valence-electron chi connectivity index (χ1n) is 7.70.